The van der Waals surface area contributed by atoms with E-state index in [0.717, 1.165) is 17.3 Å². The third-order valence-corrected chi connectivity index (χ3v) is 6.00. The van der Waals surface area contributed by atoms with Crippen molar-refractivity contribution in [3.05, 3.63) is 36.1 Å². The Morgan fingerprint density at radius 2 is 2.03 bits per heavy atom. The molecule has 0 bridgehead atoms. The van der Waals surface area contributed by atoms with E-state index in [1.54, 1.807) is 9.58 Å². The normalized spacial score (nSPS) is 19.9. The van der Waals surface area contributed by atoms with Crippen molar-refractivity contribution >= 4 is 28.6 Å². The SMILES string of the molecule is Cn1nc(C2CCC(=O)NC2=O)c2cccc(OC3CCN(C(=O)c4ncon4)CC3)c21. The summed E-state index contributed by atoms with van der Waals surface area (Å²) < 4.78 is 12.7. The van der Waals surface area contributed by atoms with Gasteiger partial charge in [0.25, 0.3) is 11.7 Å². The number of nitrogens with zero attached hydrogens (tertiary/aromatic N) is 5. The highest BCUT2D eigenvalue weighted by Gasteiger charge is 2.32. The number of rotatable bonds is 4. The van der Waals surface area contributed by atoms with E-state index in [9.17, 15) is 14.4 Å². The van der Waals surface area contributed by atoms with E-state index in [2.05, 4.69) is 25.1 Å². The number of piperidine rings is 2. The van der Waals surface area contributed by atoms with Crippen molar-refractivity contribution in [1.82, 2.24) is 30.1 Å². The number of benzene rings is 1. The molecular weight excluding hydrogens is 416 g/mol. The lowest BCUT2D eigenvalue weighted by atomic mass is 9.93. The van der Waals surface area contributed by atoms with Gasteiger partial charge in [0, 0.05) is 44.8 Å². The molecule has 2 aliphatic rings. The lowest BCUT2D eigenvalue weighted by molar-refractivity contribution is -0.134. The van der Waals surface area contributed by atoms with Crippen LogP contribution in [0, 0.1) is 0 Å². The molecule has 2 aromatic heterocycles. The smallest absolute Gasteiger partial charge is 0.295 e. The quantitative estimate of drug-likeness (QED) is 0.600. The number of amides is 3. The van der Waals surface area contributed by atoms with Crippen LogP contribution in [0.1, 0.15) is 47.9 Å². The van der Waals surface area contributed by atoms with Gasteiger partial charge in [0.2, 0.25) is 18.2 Å². The van der Waals surface area contributed by atoms with Gasteiger partial charge in [0.1, 0.15) is 17.4 Å². The molecule has 11 nitrogen and oxygen atoms in total. The number of imide groups is 1. The molecule has 1 N–H and O–H groups in total. The molecule has 2 saturated heterocycles. The van der Waals surface area contributed by atoms with Crippen LogP contribution in [-0.4, -0.2) is 61.7 Å². The molecular formula is C21H22N6O5. The highest BCUT2D eigenvalue weighted by molar-refractivity contribution is 6.03. The first-order valence-corrected chi connectivity index (χ1v) is 10.5. The largest absolute Gasteiger partial charge is 0.488 e. The summed E-state index contributed by atoms with van der Waals surface area (Å²) in [6.07, 6.45) is 3.14. The minimum atomic E-state index is -0.467. The number of fused-ring (bicyclic) bond motifs is 1. The molecule has 1 aromatic carbocycles. The van der Waals surface area contributed by atoms with Gasteiger partial charge >= 0.3 is 0 Å². The predicted octanol–water partition coefficient (Wildman–Crippen LogP) is 1.16. The number of carbonyl (C=O) groups excluding carboxylic acids is 3. The monoisotopic (exact) mass is 438 g/mol. The number of para-hydroxylation sites is 1. The van der Waals surface area contributed by atoms with Crippen LogP contribution in [0.4, 0.5) is 0 Å². The van der Waals surface area contributed by atoms with Gasteiger partial charge in [-0.3, -0.25) is 24.4 Å². The molecule has 2 aliphatic heterocycles. The van der Waals surface area contributed by atoms with Crippen LogP contribution in [0.15, 0.2) is 29.1 Å². The molecule has 32 heavy (non-hydrogen) atoms. The third kappa shape index (κ3) is 3.59. The van der Waals surface area contributed by atoms with Crippen molar-refractivity contribution in [2.45, 2.75) is 37.7 Å². The average molecular weight is 438 g/mol. The fourth-order valence-corrected chi connectivity index (χ4v) is 4.40. The zero-order chi connectivity index (χ0) is 22.2. The number of likely N-dealkylation sites (tertiary alicyclic amines) is 1. The van der Waals surface area contributed by atoms with E-state index >= 15 is 0 Å². The van der Waals surface area contributed by atoms with Crippen LogP contribution < -0.4 is 10.1 Å². The van der Waals surface area contributed by atoms with Gasteiger partial charge < -0.3 is 14.2 Å². The van der Waals surface area contributed by atoms with Crippen molar-refractivity contribution < 1.29 is 23.6 Å². The Kier molecular flexibility index (Phi) is 5.08. The Hall–Kier alpha value is -3.76. The Labute approximate surface area is 182 Å². The predicted molar refractivity (Wildman–Crippen MR) is 110 cm³/mol. The lowest BCUT2D eigenvalue weighted by Crippen LogP contribution is -2.42. The Morgan fingerprint density at radius 3 is 2.75 bits per heavy atom. The topological polar surface area (TPSA) is 132 Å². The second kappa shape index (κ2) is 8.06. The van der Waals surface area contributed by atoms with Crippen LogP contribution in [0.2, 0.25) is 0 Å². The Morgan fingerprint density at radius 1 is 1.22 bits per heavy atom. The number of carbonyl (C=O) groups is 3. The maximum Gasteiger partial charge on any atom is 0.295 e. The van der Waals surface area contributed by atoms with Crippen molar-refractivity contribution in [3.63, 3.8) is 0 Å². The molecule has 0 radical (unpaired) electrons. The van der Waals surface area contributed by atoms with Crippen molar-refractivity contribution in [1.29, 1.82) is 0 Å². The molecule has 1 atom stereocenters. The number of hydrogen-bond donors (Lipinski definition) is 1. The third-order valence-electron chi connectivity index (χ3n) is 6.00. The highest BCUT2D eigenvalue weighted by Crippen LogP contribution is 2.35. The molecule has 11 heteroatoms. The van der Waals surface area contributed by atoms with Crippen molar-refractivity contribution in [2.24, 2.45) is 7.05 Å². The second-order valence-corrected chi connectivity index (χ2v) is 8.03. The zero-order valence-corrected chi connectivity index (χ0v) is 17.5. The van der Waals surface area contributed by atoms with Crippen LogP contribution in [-0.2, 0) is 16.6 Å². The molecule has 0 spiro atoms. The zero-order valence-electron chi connectivity index (χ0n) is 17.5. The fourth-order valence-electron chi connectivity index (χ4n) is 4.40. The number of hydrogen-bond acceptors (Lipinski definition) is 8. The molecule has 5 rings (SSSR count). The van der Waals surface area contributed by atoms with Gasteiger partial charge in [-0.05, 0) is 12.5 Å². The summed E-state index contributed by atoms with van der Waals surface area (Å²) in [7, 11) is 1.82. The second-order valence-electron chi connectivity index (χ2n) is 8.03. The summed E-state index contributed by atoms with van der Waals surface area (Å²) in [5.74, 6) is -0.541. The van der Waals surface area contributed by atoms with E-state index in [-0.39, 0.29) is 29.6 Å². The number of aromatic nitrogens is 4. The van der Waals surface area contributed by atoms with Gasteiger partial charge in [0.15, 0.2) is 0 Å². The van der Waals surface area contributed by atoms with E-state index in [1.807, 2.05) is 25.2 Å². The van der Waals surface area contributed by atoms with Gasteiger partial charge in [0.05, 0.1) is 11.6 Å². The van der Waals surface area contributed by atoms with E-state index < -0.39 is 5.92 Å². The van der Waals surface area contributed by atoms with Gasteiger partial charge in [-0.1, -0.05) is 17.3 Å². The van der Waals surface area contributed by atoms with Gasteiger partial charge in [-0.2, -0.15) is 10.1 Å². The molecule has 166 valence electrons. The first-order valence-electron chi connectivity index (χ1n) is 10.5. The maximum atomic E-state index is 12.4. The minimum Gasteiger partial charge on any atom is -0.488 e. The summed E-state index contributed by atoms with van der Waals surface area (Å²) in [4.78, 5) is 41.8. The summed E-state index contributed by atoms with van der Waals surface area (Å²) in [5, 5.41) is 11.4. The number of nitrogens with one attached hydrogen (secondary N) is 1. The Balaban J connectivity index is 1.32. The van der Waals surface area contributed by atoms with Gasteiger partial charge in [-0.25, -0.2) is 0 Å². The fraction of sp³-hybridized carbons (Fsp3) is 0.429. The maximum absolute atomic E-state index is 12.4. The standard InChI is InChI=1S/C21H22N6O5/c1-26-18-13(17(24-26)14-5-6-16(28)23-20(14)29)3-2-4-15(18)32-12-7-9-27(10-8-12)21(30)19-22-11-31-25-19/h2-4,11-12,14H,5-10H2,1H3,(H,23,28,29). The first kappa shape index (κ1) is 20.2. The van der Waals surface area contributed by atoms with E-state index in [0.29, 0.717) is 50.2 Å². The summed E-state index contributed by atoms with van der Waals surface area (Å²) >= 11 is 0. The van der Waals surface area contributed by atoms with Gasteiger partial charge in [-0.15, -0.1) is 0 Å². The average Bonchev–Trinajstić information content (AvgIpc) is 3.43. The highest BCUT2D eigenvalue weighted by atomic mass is 16.5. The summed E-state index contributed by atoms with van der Waals surface area (Å²) in [6.45, 7) is 1.06. The van der Waals surface area contributed by atoms with Crippen LogP contribution in [0.25, 0.3) is 10.9 Å². The molecule has 0 aliphatic carbocycles. The molecule has 0 saturated carbocycles. The Bertz CT molecular complexity index is 1180. The number of aryl methyl sites for hydroxylation is 1. The van der Waals surface area contributed by atoms with Crippen molar-refractivity contribution in [2.75, 3.05) is 13.1 Å². The minimum absolute atomic E-state index is 0.0602. The molecule has 1 unspecified atom stereocenters. The first-order chi connectivity index (χ1) is 15.5. The lowest BCUT2D eigenvalue weighted by Gasteiger charge is -2.31. The van der Waals surface area contributed by atoms with E-state index in [4.69, 9.17) is 4.74 Å². The molecule has 3 aromatic rings. The van der Waals surface area contributed by atoms with Crippen LogP contribution >= 0.6 is 0 Å². The molecule has 3 amide bonds. The number of ether oxygens (including phenoxy) is 1. The molecule has 4 heterocycles. The van der Waals surface area contributed by atoms with Crippen molar-refractivity contribution in [3.8, 4) is 5.75 Å². The summed E-state index contributed by atoms with van der Waals surface area (Å²) in [6, 6.07) is 5.68. The summed E-state index contributed by atoms with van der Waals surface area (Å²) in [5.41, 5.74) is 1.45. The van der Waals surface area contributed by atoms with Crippen LogP contribution in [0.3, 0.4) is 0 Å². The molecule has 2 fully saturated rings. The van der Waals surface area contributed by atoms with E-state index in [1.165, 1.54) is 0 Å². The van der Waals surface area contributed by atoms with Crippen LogP contribution in [0.5, 0.6) is 5.75 Å².